The molecule has 0 radical (unpaired) electrons. The van der Waals surface area contributed by atoms with Gasteiger partial charge < -0.3 is 8.83 Å². The summed E-state index contributed by atoms with van der Waals surface area (Å²) in [5, 5.41) is 13.5. The molecule has 0 saturated carbocycles. The molecule has 0 saturated heterocycles. The number of benzene rings is 10. The zero-order valence-corrected chi connectivity index (χ0v) is 32.1. The fourth-order valence-corrected chi connectivity index (χ4v) is 9.14. The van der Waals surface area contributed by atoms with Crippen molar-refractivity contribution in [2.45, 2.75) is 0 Å². The molecule has 0 N–H and O–H groups in total. The highest BCUT2D eigenvalue weighted by Crippen LogP contribution is 2.40. The highest BCUT2D eigenvalue weighted by molar-refractivity contribution is 6.19. The molecule has 0 unspecified atom stereocenters. The van der Waals surface area contributed by atoms with Crippen molar-refractivity contribution in [2.24, 2.45) is 0 Å². The van der Waals surface area contributed by atoms with Gasteiger partial charge in [0.05, 0.1) is 0 Å². The van der Waals surface area contributed by atoms with Gasteiger partial charge >= 0.3 is 0 Å². The van der Waals surface area contributed by atoms with Crippen LogP contribution in [-0.4, -0.2) is 15.0 Å². The quantitative estimate of drug-likeness (QED) is 0.167. The van der Waals surface area contributed by atoms with Crippen LogP contribution in [0.25, 0.3) is 132 Å². The molecule has 5 heteroatoms. The van der Waals surface area contributed by atoms with Crippen LogP contribution in [0, 0.1) is 0 Å². The number of nitrogens with zero attached hydrogens (tertiary/aromatic N) is 3. The molecule has 10 aromatic carbocycles. The third-order valence-corrected chi connectivity index (χ3v) is 12.1. The summed E-state index contributed by atoms with van der Waals surface area (Å²) >= 11 is 0. The molecule has 0 aliphatic carbocycles. The minimum absolute atomic E-state index is 0.576. The van der Waals surface area contributed by atoms with E-state index in [1.165, 1.54) is 21.5 Å². The van der Waals surface area contributed by atoms with E-state index in [-0.39, 0.29) is 0 Å². The summed E-state index contributed by atoms with van der Waals surface area (Å²) in [4.78, 5) is 15.8. The molecule has 0 spiro atoms. The van der Waals surface area contributed by atoms with Crippen LogP contribution in [0.15, 0.2) is 197 Å². The first-order valence-electron chi connectivity index (χ1n) is 20.2. The second-order valence-electron chi connectivity index (χ2n) is 15.6. The van der Waals surface area contributed by atoms with Gasteiger partial charge in [-0.05, 0) is 103 Å². The van der Waals surface area contributed by atoms with Gasteiger partial charge in [-0.3, -0.25) is 0 Å². The minimum Gasteiger partial charge on any atom is -0.456 e. The summed E-state index contributed by atoms with van der Waals surface area (Å²) in [5.41, 5.74) is 8.22. The molecule has 13 rings (SSSR count). The predicted octanol–water partition coefficient (Wildman–Crippen LogP) is 15.0. The Kier molecular flexibility index (Phi) is 6.95. The molecule has 3 aromatic heterocycles. The van der Waals surface area contributed by atoms with E-state index in [9.17, 15) is 0 Å². The van der Waals surface area contributed by atoms with E-state index < -0.39 is 0 Å². The number of aromatic nitrogens is 3. The molecule has 13 aromatic rings. The van der Waals surface area contributed by atoms with Crippen LogP contribution in [0.4, 0.5) is 0 Å². The number of furan rings is 2. The van der Waals surface area contributed by atoms with Crippen LogP contribution in [0.5, 0.6) is 0 Å². The molecule has 0 atom stereocenters. The maximum Gasteiger partial charge on any atom is 0.164 e. The number of hydrogen-bond acceptors (Lipinski definition) is 5. The lowest BCUT2D eigenvalue weighted by molar-refractivity contribution is 0.669. The zero-order chi connectivity index (χ0) is 39.3. The first-order valence-corrected chi connectivity index (χ1v) is 20.2. The minimum atomic E-state index is 0.576. The van der Waals surface area contributed by atoms with Gasteiger partial charge in [-0.15, -0.1) is 0 Å². The normalized spacial score (nSPS) is 12.0. The second-order valence-corrected chi connectivity index (χ2v) is 15.6. The fraction of sp³-hybridized carbons (Fsp3) is 0. The average molecular weight is 766 g/mol. The Morgan fingerprint density at radius 1 is 0.267 bits per heavy atom. The molecule has 0 amide bonds. The lowest BCUT2D eigenvalue weighted by Gasteiger charge is -2.11. The first-order chi connectivity index (χ1) is 29.7. The van der Waals surface area contributed by atoms with E-state index >= 15 is 0 Å². The van der Waals surface area contributed by atoms with Crippen LogP contribution in [0.2, 0.25) is 0 Å². The van der Waals surface area contributed by atoms with Gasteiger partial charge in [0.15, 0.2) is 17.5 Å². The molecule has 278 valence electrons. The molecule has 0 bridgehead atoms. The topological polar surface area (TPSA) is 65.0 Å². The van der Waals surface area contributed by atoms with Gasteiger partial charge in [0.1, 0.15) is 22.3 Å². The van der Waals surface area contributed by atoms with E-state index in [0.717, 1.165) is 93.2 Å². The lowest BCUT2D eigenvalue weighted by Crippen LogP contribution is -2.00. The smallest absolute Gasteiger partial charge is 0.164 e. The Hall–Kier alpha value is -8.15. The zero-order valence-electron chi connectivity index (χ0n) is 32.1. The van der Waals surface area contributed by atoms with Crippen molar-refractivity contribution >= 4 is 87.0 Å². The second kappa shape index (κ2) is 12.7. The van der Waals surface area contributed by atoms with Crippen LogP contribution in [0.1, 0.15) is 0 Å². The van der Waals surface area contributed by atoms with E-state index in [2.05, 4.69) is 164 Å². The largest absolute Gasteiger partial charge is 0.456 e. The van der Waals surface area contributed by atoms with Gasteiger partial charge in [-0.2, -0.15) is 0 Å². The molecule has 0 fully saturated rings. The Balaban J connectivity index is 1.03. The van der Waals surface area contributed by atoms with E-state index in [0.29, 0.717) is 17.5 Å². The molecular formula is C55H31N3O2. The molecular weight excluding hydrogens is 735 g/mol. The highest BCUT2D eigenvalue weighted by atomic mass is 16.3. The van der Waals surface area contributed by atoms with Gasteiger partial charge in [-0.25, -0.2) is 15.0 Å². The standard InChI is InChI=1S/C55H31N3O2/c1-2-10-36-28-37(21-16-32(36)8-1)38-24-26-43-50(31-38)60-48-15-7-13-44(51(43)48)55-57-53(39-22-19-34-18-17-33-9-3-4-11-41(33)45(34)29-39)56-54(58-55)40-23-20-35-25-27-49-52(46(35)30-40)42-12-5-6-14-47(42)59-49/h1-31H. The van der Waals surface area contributed by atoms with Gasteiger partial charge in [0.25, 0.3) is 0 Å². The van der Waals surface area contributed by atoms with E-state index in [1.54, 1.807) is 0 Å². The first kappa shape index (κ1) is 32.9. The monoisotopic (exact) mass is 765 g/mol. The molecule has 3 heterocycles. The summed E-state index contributed by atoms with van der Waals surface area (Å²) in [6.45, 7) is 0. The number of rotatable bonds is 4. The number of hydrogen-bond donors (Lipinski definition) is 0. The van der Waals surface area contributed by atoms with Crippen molar-refractivity contribution in [2.75, 3.05) is 0 Å². The van der Waals surface area contributed by atoms with Gasteiger partial charge in [0.2, 0.25) is 0 Å². The van der Waals surface area contributed by atoms with E-state index in [4.69, 9.17) is 23.8 Å². The van der Waals surface area contributed by atoms with Crippen LogP contribution < -0.4 is 0 Å². The van der Waals surface area contributed by atoms with Crippen molar-refractivity contribution in [3.63, 3.8) is 0 Å². The maximum atomic E-state index is 6.62. The highest BCUT2D eigenvalue weighted by Gasteiger charge is 2.20. The Morgan fingerprint density at radius 3 is 1.65 bits per heavy atom. The van der Waals surface area contributed by atoms with Crippen molar-refractivity contribution in [3.05, 3.63) is 188 Å². The third-order valence-electron chi connectivity index (χ3n) is 12.1. The Bertz CT molecular complexity index is 3910. The number of fused-ring (bicyclic) bond motifs is 12. The van der Waals surface area contributed by atoms with Crippen LogP contribution >= 0.6 is 0 Å². The number of para-hydroxylation sites is 1. The van der Waals surface area contributed by atoms with Crippen molar-refractivity contribution < 1.29 is 8.83 Å². The van der Waals surface area contributed by atoms with Crippen molar-refractivity contribution in [1.29, 1.82) is 0 Å². The molecule has 60 heavy (non-hydrogen) atoms. The van der Waals surface area contributed by atoms with Crippen LogP contribution in [0.3, 0.4) is 0 Å². The summed E-state index contributed by atoms with van der Waals surface area (Å²) in [6.07, 6.45) is 0. The maximum absolute atomic E-state index is 6.62. The third kappa shape index (κ3) is 5.09. The summed E-state index contributed by atoms with van der Waals surface area (Å²) in [5.74, 6) is 1.76. The summed E-state index contributed by atoms with van der Waals surface area (Å²) in [7, 11) is 0. The summed E-state index contributed by atoms with van der Waals surface area (Å²) < 4.78 is 12.9. The fourth-order valence-electron chi connectivity index (χ4n) is 9.14. The predicted molar refractivity (Wildman–Crippen MR) is 246 cm³/mol. The molecule has 0 aliphatic heterocycles. The molecule has 5 nitrogen and oxygen atoms in total. The van der Waals surface area contributed by atoms with Crippen molar-refractivity contribution in [1.82, 2.24) is 15.0 Å². The average Bonchev–Trinajstić information content (AvgIpc) is 3.89. The van der Waals surface area contributed by atoms with Gasteiger partial charge in [0, 0.05) is 38.2 Å². The Morgan fingerprint density at radius 2 is 0.800 bits per heavy atom. The van der Waals surface area contributed by atoms with Gasteiger partial charge in [-0.1, -0.05) is 140 Å². The lowest BCUT2D eigenvalue weighted by atomic mass is 9.99. The van der Waals surface area contributed by atoms with Crippen LogP contribution in [-0.2, 0) is 0 Å². The molecule has 0 aliphatic rings. The SMILES string of the molecule is c1ccc2cc(-c3ccc4c(c3)oc3cccc(-c5nc(-c6ccc7ccc8ccccc8c7c6)nc(-c6ccc7ccc8oc9ccccc9c8c7c6)n5)c34)ccc2c1. The van der Waals surface area contributed by atoms with E-state index in [1.807, 2.05) is 24.3 Å². The van der Waals surface area contributed by atoms with Crippen molar-refractivity contribution in [3.8, 4) is 45.3 Å². The summed E-state index contributed by atoms with van der Waals surface area (Å²) in [6, 6.07) is 65.8. The Labute approximate surface area is 342 Å².